The summed E-state index contributed by atoms with van der Waals surface area (Å²) < 4.78 is 5.17. The van der Waals surface area contributed by atoms with Crippen LogP contribution < -0.4 is 5.32 Å². The molecule has 0 spiro atoms. The van der Waals surface area contributed by atoms with Crippen LogP contribution in [0.15, 0.2) is 54.6 Å². The van der Waals surface area contributed by atoms with E-state index in [-0.39, 0.29) is 11.1 Å². The molecule has 7 nitrogen and oxygen atoms in total. The van der Waals surface area contributed by atoms with Gasteiger partial charge in [-0.2, -0.15) is 0 Å². The molecule has 2 aromatic rings. The second-order valence-corrected chi connectivity index (χ2v) is 6.48. The van der Waals surface area contributed by atoms with E-state index < -0.39 is 35.8 Å². The molecule has 0 aromatic heterocycles. The highest BCUT2D eigenvalue weighted by Gasteiger charge is 2.41. The summed E-state index contributed by atoms with van der Waals surface area (Å²) >= 11 is 0. The van der Waals surface area contributed by atoms with E-state index in [2.05, 4.69) is 5.32 Å². The number of nitrogens with one attached hydrogen (secondary N) is 1. The first-order valence-electron chi connectivity index (χ1n) is 8.89. The van der Waals surface area contributed by atoms with Crippen LogP contribution >= 0.6 is 0 Å². The molecule has 0 fully saturated rings. The highest BCUT2D eigenvalue weighted by molar-refractivity contribution is 6.22. The lowest BCUT2D eigenvalue weighted by atomic mass is 10.1. The molecule has 0 bridgehead atoms. The van der Waals surface area contributed by atoms with Gasteiger partial charge >= 0.3 is 5.97 Å². The number of esters is 1. The minimum atomic E-state index is -1.14. The molecule has 2 atom stereocenters. The van der Waals surface area contributed by atoms with Crippen LogP contribution in [-0.2, 0) is 20.9 Å². The minimum Gasteiger partial charge on any atom is -0.451 e. The molecule has 0 unspecified atom stereocenters. The Kier molecular flexibility index (Phi) is 5.54. The zero-order valence-electron chi connectivity index (χ0n) is 15.5. The third-order valence-corrected chi connectivity index (χ3v) is 4.53. The van der Waals surface area contributed by atoms with Gasteiger partial charge in [0.2, 0.25) is 0 Å². The Morgan fingerprint density at radius 2 is 1.46 bits per heavy atom. The van der Waals surface area contributed by atoms with Gasteiger partial charge < -0.3 is 10.1 Å². The molecule has 1 aliphatic rings. The molecular formula is C21H20N2O5. The fourth-order valence-electron chi connectivity index (χ4n) is 2.92. The summed E-state index contributed by atoms with van der Waals surface area (Å²) in [6.45, 7) is 3.14. The van der Waals surface area contributed by atoms with Crippen LogP contribution in [0.4, 0.5) is 0 Å². The highest BCUT2D eigenvalue weighted by atomic mass is 16.5. The maximum Gasteiger partial charge on any atom is 0.329 e. The van der Waals surface area contributed by atoms with Crippen LogP contribution in [-0.4, -0.2) is 40.7 Å². The van der Waals surface area contributed by atoms with Crippen molar-refractivity contribution in [1.29, 1.82) is 0 Å². The molecule has 3 rings (SSSR count). The normalized spacial score (nSPS) is 15.0. The molecule has 0 saturated carbocycles. The number of carbonyl (C=O) groups is 4. The molecule has 1 heterocycles. The molecule has 0 saturated heterocycles. The van der Waals surface area contributed by atoms with Gasteiger partial charge in [0.1, 0.15) is 6.04 Å². The topological polar surface area (TPSA) is 92.8 Å². The first kappa shape index (κ1) is 19.3. The fraction of sp³-hybridized carbons (Fsp3) is 0.238. The zero-order chi connectivity index (χ0) is 20.3. The second-order valence-electron chi connectivity index (χ2n) is 6.48. The van der Waals surface area contributed by atoms with Gasteiger partial charge in [-0.1, -0.05) is 42.5 Å². The Labute approximate surface area is 162 Å². The van der Waals surface area contributed by atoms with E-state index in [1.54, 1.807) is 12.1 Å². The Morgan fingerprint density at radius 1 is 0.929 bits per heavy atom. The van der Waals surface area contributed by atoms with Crippen molar-refractivity contribution in [3.05, 3.63) is 71.3 Å². The van der Waals surface area contributed by atoms with Gasteiger partial charge in [-0.25, -0.2) is 4.79 Å². The van der Waals surface area contributed by atoms with Crippen molar-refractivity contribution < 1.29 is 23.9 Å². The summed E-state index contributed by atoms with van der Waals surface area (Å²) in [7, 11) is 0. The molecule has 0 aliphatic carbocycles. The van der Waals surface area contributed by atoms with Crippen molar-refractivity contribution in [2.75, 3.05) is 0 Å². The van der Waals surface area contributed by atoms with E-state index in [1.807, 2.05) is 30.3 Å². The van der Waals surface area contributed by atoms with Crippen LogP contribution in [0.3, 0.4) is 0 Å². The van der Waals surface area contributed by atoms with Gasteiger partial charge in [0, 0.05) is 6.54 Å². The predicted octanol–water partition coefficient (Wildman–Crippen LogP) is 1.92. The Balaban J connectivity index is 1.59. The third kappa shape index (κ3) is 3.78. The van der Waals surface area contributed by atoms with Gasteiger partial charge in [-0.05, 0) is 31.5 Å². The number of hydrogen-bond acceptors (Lipinski definition) is 5. The number of carbonyl (C=O) groups excluding carboxylic acids is 4. The number of nitrogens with zero attached hydrogens (tertiary/aromatic N) is 1. The second kappa shape index (κ2) is 8.04. The van der Waals surface area contributed by atoms with Gasteiger partial charge in [-0.15, -0.1) is 0 Å². The van der Waals surface area contributed by atoms with Crippen molar-refractivity contribution in [2.24, 2.45) is 0 Å². The summed E-state index contributed by atoms with van der Waals surface area (Å²) in [5.74, 6) is -2.39. The van der Waals surface area contributed by atoms with E-state index in [0.717, 1.165) is 10.5 Å². The smallest absolute Gasteiger partial charge is 0.329 e. The summed E-state index contributed by atoms with van der Waals surface area (Å²) in [6, 6.07) is 14.5. The van der Waals surface area contributed by atoms with Crippen molar-refractivity contribution in [3.63, 3.8) is 0 Å². The molecule has 3 amide bonds. The van der Waals surface area contributed by atoms with Crippen LogP contribution in [0.25, 0.3) is 0 Å². The minimum absolute atomic E-state index is 0.251. The summed E-state index contributed by atoms with van der Waals surface area (Å²) in [5.41, 5.74) is 1.41. The summed E-state index contributed by atoms with van der Waals surface area (Å²) in [4.78, 5) is 50.3. The van der Waals surface area contributed by atoms with Crippen molar-refractivity contribution in [2.45, 2.75) is 32.5 Å². The number of hydrogen-bond donors (Lipinski definition) is 1. The Hall–Kier alpha value is -3.48. The predicted molar refractivity (Wildman–Crippen MR) is 100 cm³/mol. The standard InChI is InChI=1S/C21H20N2O5/c1-13(23-19(25)16-10-6-7-11-17(16)20(23)26)21(27)28-14(2)18(24)22-12-15-8-4-3-5-9-15/h3-11,13-14H,12H2,1-2H3,(H,22,24)/t13-,14-/m0/s1. The van der Waals surface area contributed by atoms with Gasteiger partial charge in [0.15, 0.2) is 6.10 Å². The maximum atomic E-state index is 12.5. The van der Waals surface area contributed by atoms with Crippen molar-refractivity contribution in [3.8, 4) is 0 Å². The van der Waals surface area contributed by atoms with E-state index in [4.69, 9.17) is 4.74 Å². The van der Waals surface area contributed by atoms with Crippen LogP contribution in [0.2, 0.25) is 0 Å². The zero-order valence-corrected chi connectivity index (χ0v) is 15.5. The Morgan fingerprint density at radius 3 is 2.04 bits per heavy atom. The molecule has 0 radical (unpaired) electrons. The number of fused-ring (bicyclic) bond motifs is 1. The largest absolute Gasteiger partial charge is 0.451 e. The third-order valence-electron chi connectivity index (χ3n) is 4.53. The molecule has 28 heavy (non-hydrogen) atoms. The SMILES string of the molecule is C[C@H](OC(=O)[C@H](C)N1C(=O)c2ccccc2C1=O)C(=O)NCc1ccccc1. The van der Waals surface area contributed by atoms with E-state index in [9.17, 15) is 19.2 Å². The molecule has 2 aromatic carbocycles. The summed E-state index contributed by atoms with van der Waals surface area (Å²) in [6.07, 6.45) is -1.06. The molecule has 144 valence electrons. The van der Waals surface area contributed by atoms with Crippen LogP contribution in [0, 0.1) is 0 Å². The van der Waals surface area contributed by atoms with Crippen LogP contribution in [0.1, 0.15) is 40.1 Å². The molecule has 7 heteroatoms. The molecule has 1 N–H and O–H groups in total. The molecule has 1 aliphatic heterocycles. The quantitative estimate of drug-likeness (QED) is 0.611. The van der Waals surface area contributed by atoms with E-state index in [0.29, 0.717) is 6.54 Å². The maximum absolute atomic E-state index is 12.5. The first-order valence-corrected chi connectivity index (χ1v) is 8.89. The van der Waals surface area contributed by atoms with Crippen LogP contribution in [0.5, 0.6) is 0 Å². The average molecular weight is 380 g/mol. The van der Waals surface area contributed by atoms with E-state index >= 15 is 0 Å². The van der Waals surface area contributed by atoms with Gasteiger partial charge in [-0.3, -0.25) is 19.3 Å². The van der Waals surface area contributed by atoms with Gasteiger partial charge in [0.05, 0.1) is 11.1 Å². The number of benzene rings is 2. The lowest BCUT2D eigenvalue weighted by Gasteiger charge is -2.22. The fourth-order valence-corrected chi connectivity index (χ4v) is 2.92. The first-order chi connectivity index (χ1) is 13.4. The Bertz CT molecular complexity index is 890. The number of amides is 3. The number of ether oxygens (including phenoxy) is 1. The molecular weight excluding hydrogens is 360 g/mol. The average Bonchev–Trinajstić information content (AvgIpc) is 2.97. The highest BCUT2D eigenvalue weighted by Crippen LogP contribution is 2.24. The number of imide groups is 1. The lowest BCUT2D eigenvalue weighted by Crippen LogP contribution is -2.46. The monoisotopic (exact) mass is 380 g/mol. The van der Waals surface area contributed by atoms with E-state index in [1.165, 1.54) is 26.0 Å². The van der Waals surface area contributed by atoms with Crippen molar-refractivity contribution in [1.82, 2.24) is 10.2 Å². The number of rotatable bonds is 6. The lowest BCUT2D eigenvalue weighted by molar-refractivity contribution is -0.158. The van der Waals surface area contributed by atoms with Gasteiger partial charge in [0.25, 0.3) is 17.7 Å². The van der Waals surface area contributed by atoms with Crippen molar-refractivity contribution >= 4 is 23.7 Å². The summed E-state index contributed by atoms with van der Waals surface area (Å²) in [5, 5.41) is 2.68.